The summed E-state index contributed by atoms with van der Waals surface area (Å²) in [6.07, 6.45) is 2.08. The van der Waals surface area contributed by atoms with E-state index in [0.717, 1.165) is 37.4 Å². The molecular weight excluding hydrogens is 274 g/mol. The molecule has 0 aromatic heterocycles. The van der Waals surface area contributed by atoms with Crippen LogP contribution in [0.25, 0.3) is 0 Å². The van der Waals surface area contributed by atoms with Gasteiger partial charge in [-0.2, -0.15) is 0 Å². The van der Waals surface area contributed by atoms with Crippen LogP contribution in [0.5, 0.6) is 11.5 Å². The molecule has 1 N–H and O–H groups in total. The zero-order valence-corrected chi connectivity index (χ0v) is 13.1. The Bertz CT molecular complexity index is 607. The molecule has 3 nitrogen and oxygen atoms in total. The third-order valence-corrected chi connectivity index (χ3v) is 3.96. The van der Waals surface area contributed by atoms with Gasteiger partial charge in [-0.3, -0.25) is 0 Å². The number of aryl methyl sites for hydroxylation is 1. The van der Waals surface area contributed by atoms with Crippen molar-refractivity contribution < 1.29 is 9.47 Å². The molecular formula is C19H23NO2. The van der Waals surface area contributed by atoms with Gasteiger partial charge in [0.2, 0.25) is 0 Å². The Morgan fingerprint density at radius 3 is 2.32 bits per heavy atom. The van der Waals surface area contributed by atoms with E-state index in [1.165, 1.54) is 16.7 Å². The highest BCUT2D eigenvalue weighted by atomic mass is 16.6. The minimum Gasteiger partial charge on any atom is -0.486 e. The smallest absolute Gasteiger partial charge is 0.161 e. The molecule has 2 aromatic rings. The highest BCUT2D eigenvalue weighted by Gasteiger charge is 2.11. The number of fused-ring (bicyclic) bond motifs is 1. The molecule has 0 radical (unpaired) electrons. The fraction of sp³-hybridized carbons (Fsp3) is 0.368. The van der Waals surface area contributed by atoms with E-state index in [2.05, 4.69) is 48.6 Å². The molecule has 3 rings (SSSR count). The molecule has 0 spiro atoms. The molecule has 1 heterocycles. The van der Waals surface area contributed by atoms with Crippen molar-refractivity contribution in [1.29, 1.82) is 0 Å². The number of nitrogens with one attached hydrogen (secondary N) is 1. The summed E-state index contributed by atoms with van der Waals surface area (Å²) in [4.78, 5) is 0. The first-order valence-electron chi connectivity index (χ1n) is 8.02. The summed E-state index contributed by atoms with van der Waals surface area (Å²) in [6.45, 7) is 5.33. The Labute approximate surface area is 132 Å². The van der Waals surface area contributed by atoms with Crippen molar-refractivity contribution in [3.8, 4) is 11.5 Å². The van der Waals surface area contributed by atoms with E-state index in [9.17, 15) is 0 Å². The minimum absolute atomic E-state index is 0.641. The summed E-state index contributed by atoms with van der Waals surface area (Å²) in [6, 6.07) is 15.0. The number of ether oxygens (including phenoxy) is 2. The molecule has 0 amide bonds. The second-order valence-corrected chi connectivity index (χ2v) is 5.57. The molecule has 22 heavy (non-hydrogen) atoms. The zero-order valence-electron chi connectivity index (χ0n) is 13.1. The van der Waals surface area contributed by atoms with Crippen LogP contribution >= 0.6 is 0 Å². The van der Waals surface area contributed by atoms with Gasteiger partial charge in [-0.25, -0.2) is 0 Å². The highest BCUT2D eigenvalue weighted by molar-refractivity contribution is 5.43. The van der Waals surface area contributed by atoms with Crippen LogP contribution in [0.3, 0.4) is 0 Å². The van der Waals surface area contributed by atoms with E-state index in [1.807, 2.05) is 6.07 Å². The summed E-state index contributed by atoms with van der Waals surface area (Å²) in [5.74, 6) is 1.73. The maximum Gasteiger partial charge on any atom is 0.161 e. The van der Waals surface area contributed by atoms with Gasteiger partial charge in [-0.05, 0) is 48.2 Å². The summed E-state index contributed by atoms with van der Waals surface area (Å²) < 4.78 is 11.2. The first-order chi connectivity index (χ1) is 10.8. The van der Waals surface area contributed by atoms with Gasteiger partial charge in [0.25, 0.3) is 0 Å². The fourth-order valence-corrected chi connectivity index (χ4v) is 2.60. The normalized spacial score (nSPS) is 13.1. The molecule has 2 aromatic carbocycles. The Kier molecular flexibility index (Phi) is 4.96. The lowest BCUT2D eigenvalue weighted by Crippen LogP contribution is -2.17. The molecule has 0 bridgehead atoms. The van der Waals surface area contributed by atoms with Crippen LogP contribution in [0.15, 0.2) is 42.5 Å². The van der Waals surface area contributed by atoms with Gasteiger partial charge in [-0.15, -0.1) is 0 Å². The van der Waals surface area contributed by atoms with Crippen molar-refractivity contribution in [2.24, 2.45) is 0 Å². The number of hydrogen-bond donors (Lipinski definition) is 1. The van der Waals surface area contributed by atoms with Crippen molar-refractivity contribution in [3.05, 3.63) is 59.2 Å². The van der Waals surface area contributed by atoms with Gasteiger partial charge >= 0.3 is 0 Å². The SMILES string of the molecule is CCc1ccc(CNCCc2ccc3c(c2)OCCO3)cc1. The number of benzene rings is 2. The Morgan fingerprint density at radius 2 is 1.55 bits per heavy atom. The second-order valence-electron chi connectivity index (χ2n) is 5.57. The quantitative estimate of drug-likeness (QED) is 0.829. The van der Waals surface area contributed by atoms with E-state index in [-0.39, 0.29) is 0 Å². The predicted molar refractivity (Wildman–Crippen MR) is 88.7 cm³/mol. The van der Waals surface area contributed by atoms with Crippen LogP contribution in [-0.4, -0.2) is 19.8 Å². The maximum absolute atomic E-state index is 5.62. The molecule has 0 aliphatic carbocycles. The molecule has 0 atom stereocenters. The Hall–Kier alpha value is -2.00. The molecule has 0 saturated heterocycles. The third kappa shape index (κ3) is 3.80. The molecule has 1 aliphatic rings. The van der Waals surface area contributed by atoms with Crippen LogP contribution in [-0.2, 0) is 19.4 Å². The average Bonchev–Trinajstić information content (AvgIpc) is 2.59. The van der Waals surface area contributed by atoms with Gasteiger partial charge in [0, 0.05) is 6.54 Å². The molecule has 3 heteroatoms. The van der Waals surface area contributed by atoms with Crippen molar-refractivity contribution in [3.63, 3.8) is 0 Å². The number of hydrogen-bond acceptors (Lipinski definition) is 3. The predicted octanol–water partition coefficient (Wildman–Crippen LogP) is 3.35. The highest BCUT2D eigenvalue weighted by Crippen LogP contribution is 2.30. The molecule has 0 unspecified atom stereocenters. The summed E-state index contributed by atoms with van der Waals surface area (Å²) in [5.41, 5.74) is 4.00. The summed E-state index contributed by atoms with van der Waals surface area (Å²) in [5, 5.41) is 3.50. The first kappa shape index (κ1) is 14.9. The van der Waals surface area contributed by atoms with Crippen LogP contribution in [0.4, 0.5) is 0 Å². The van der Waals surface area contributed by atoms with Gasteiger partial charge in [0.15, 0.2) is 11.5 Å². The van der Waals surface area contributed by atoms with Gasteiger partial charge < -0.3 is 14.8 Å². The Balaban J connectivity index is 1.46. The summed E-state index contributed by atoms with van der Waals surface area (Å²) >= 11 is 0. The van der Waals surface area contributed by atoms with Gasteiger partial charge in [0.05, 0.1) is 0 Å². The van der Waals surface area contributed by atoms with Crippen molar-refractivity contribution in [2.75, 3.05) is 19.8 Å². The van der Waals surface area contributed by atoms with Crippen molar-refractivity contribution >= 4 is 0 Å². The molecule has 1 aliphatic heterocycles. The topological polar surface area (TPSA) is 30.5 Å². The lowest BCUT2D eigenvalue weighted by Gasteiger charge is -2.18. The van der Waals surface area contributed by atoms with E-state index in [1.54, 1.807) is 0 Å². The standard InChI is InChI=1S/C19H23NO2/c1-2-15-3-5-17(6-4-15)14-20-10-9-16-7-8-18-19(13-16)22-12-11-21-18/h3-8,13,20H,2,9-12,14H2,1H3. The molecule has 0 fully saturated rings. The third-order valence-electron chi connectivity index (χ3n) is 3.96. The van der Waals surface area contributed by atoms with Gasteiger partial charge in [0.1, 0.15) is 13.2 Å². The zero-order chi connectivity index (χ0) is 15.2. The van der Waals surface area contributed by atoms with Crippen LogP contribution in [0.1, 0.15) is 23.6 Å². The molecule has 0 saturated carbocycles. The largest absolute Gasteiger partial charge is 0.486 e. The number of rotatable bonds is 6. The lowest BCUT2D eigenvalue weighted by atomic mass is 10.1. The second kappa shape index (κ2) is 7.32. The van der Waals surface area contributed by atoms with Crippen molar-refractivity contribution in [1.82, 2.24) is 5.32 Å². The monoisotopic (exact) mass is 297 g/mol. The van der Waals surface area contributed by atoms with E-state index < -0.39 is 0 Å². The maximum atomic E-state index is 5.62. The fourth-order valence-electron chi connectivity index (χ4n) is 2.60. The average molecular weight is 297 g/mol. The van der Waals surface area contributed by atoms with Crippen LogP contribution < -0.4 is 14.8 Å². The Morgan fingerprint density at radius 1 is 0.864 bits per heavy atom. The van der Waals surface area contributed by atoms with Crippen LogP contribution in [0.2, 0.25) is 0 Å². The van der Waals surface area contributed by atoms with Crippen molar-refractivity contribution in [2.45, 2.75) is 26.3 Å². The summed E-state index contributed by atoms with van der Waals surface area (Å²) in [7, 11) is 0. The first-order valence-corrected chi connectivity index (χ1v) is 8.02. The molecule has 116 valence electrons. The van der Waals surface area contributed by atoms with E-state index >= 15 is 0 Å². The van der Waals surface area contributed by atoms with E-state index in [4.69, 9.17) is 9.47 Å². The lowest BCUT2D eigenvalue weighted by molar-refractivity contribution is 0.171. The van der Waals surface area contributed by atoms with Gasteiger partial charge in [-0.1, -0.05) is 37.3 Å². The van der Waals surface area contributed by atoms with Crippen LogP contribution in [0, 0.1) is 0 Å². The van der Waals surface area contributed by atoms with E-state index in [0.29, 0.717) is 13.2 Å². The minimum atomic E-state index is 0.641.